The topological polar surface area (TPSA) is 15.3 Å². The van der Waals surface area contributed by atoms with E-state index in [1.54, 1.807) is 0 Å². The maximum Gasteiger partial charge on any atom is 0.0108 e. The summed E-state index contributed by atoms with van der Waals surface area (Å²) in [5.74, 6) is 4.45. The van der Waals surface area contributed by atoms with Gasteiger partial charge in [-0.3, -0.25) is 0 Å². The first kappa shape index (κ1) is 17.3. The number of nitrogens with one attached hydrogen (secondary N) is 1. The third-order valence-corrected chi connectivity index (χ3v) is 6.18. The van der Waals surface area contributed by atoms with Gasteiger partial charge in [0.2, 0.25) is 0 Å². The third-order valence-electron chi connectivity index (χ3n) is 6.18. The van der Waals surface area contributed by atoms with Crippen LogP contribution >= 0.6 is 0 Å². The van der Waals surface area contributed by atoms with Crippen LogP contribution in [0.25, 0.3) is 0 Å². The zero-order chi connectivity index (χ0) is 15.4. The largest absolute Gasteiger partial charge is 0.314 e. The van der Waals surface area contributed by atoms with Crippen molar-refractivity contribution < 1.29 is 0 Å². The molecule has 5 atom stereocenters. The van der Waals surface area contributed by atoms with Crippen molar-refractivity contribution in [3.63, 3.8) is 0 Å². The zero-order valence-corrected chi connectivity index (χ0v) is 15.1. The number of nitrogens with zero attached hydrogens (tertiary/aromatic N) is 1. The van der Waals surface area contributed by atoms with Crippen LogP contribution in [-0.4, -0.2) is 37.1 Å². The van der Waals surface area contributed by atoms with E-state index in [-0.39, 0.29) is 0 Å². The van der Waals surface area contributed by atoms with Crippen molar-refractivity contribution in [3.05, 3.63) is 0 Å². The van der Waals surface area contributed by atoms with Crippen molar-refractivity contribution in [3.8, 4) is 0 Å². The highest BCUT2D eigenvalue weighted by Gasteiger charge is 2.35. The molecule has 0 aromatic carbocycles. The van der Waals surface area contributed by atoms with Crippen LogP contribution in [0, 0.1) is 29.6 Å². The molecular weight excluding hydrogens is 256 g/mol. The fourth-order valence-corrected chi connectivity index (χ4v) is 4.44. The molecule has 1 aliphatic carbocycles. The minimum Gasteiger partial charge on any atom is -0.314 e. The molecule has 1 heterocycles. The van der Waals surface area contributed by atoms with Crippen LogP contribution in [0.3, 0.4) is 0 Å². The summed E-state index contributed by atoms with van der Waals surface area (Å²) in [5, 5.41) is 3.85. The monoisotopic (exact) mass is 294 g/mol. The Hall–Kier alpha value is -0.0800. The lowest BCUT2D eigenvalue weighted by Crippen LogP contribution is -2.46. The van der Waals surface area contributed by atoms with Gasteiger partial charge in [0.25, 0.3) is 0 Å². The average Bonchev–Trinajstić information content (AvgIpc) is 2.75. The van der Waals surface area contributed by atoms with E-state index in [9.17, 15) is 0 Å². The van der Waals surface area contributed by atoms with Crippen LogP contribution in [0.4, 0.5) is 0 Å². The molecule has 0 spiro atoms. The van der Waals surface area contributed by atoms with E-state index in [0.29, 0.717) is 0 Å². The van der Waals surface area contributed by atoms with E-state index in [0.717, 1.165) is 35.6 Å². The summed E-state index contributed by atoms with van der Waals surface area (Å²) in [5.41, 5.74) is 0. The van der Waals surface area contributed by atoms with E-state index in [1.165, 1.54) is 51.9 Å². The molecule has 0 radical (unpaired) electrons. The molecule has 2 fully saturated rings. The fourth-order valence-electron chi connectivity index (χ4n) is 4.44. The molecule has 2 nitrogen and oxygen atoms in total. The summed E-state index contributed by atoms with van der Waals surface area (Å²) < 4.78 is 0. The average molecular weight is 295 g/mol. The van der Waals surface area contributed by atoms with Gasteiger partial charge >= 0.3 is 0 Å². The standard InChI is InChI=1S/C19H38N2/c1-6-9-20-19-8-7-17(14(2)3)10-18(19)13-21-11-15(4)16(5)12-21/h14-20H,6-13H2,1-5H3. The third kappa shape index (κ3) is 4.69. The molecule has 21 heavy (non-hydrogen) atoms. The first-order valence-corrected chi connectivity index (χ1v) is 9.47. The smallest absolute Gasteiger partial charge is 0.0108 e. The summed E-state index contributed by atoms with van der Waals surface area (Å²) in [6.07, 6.45) is 5.53. The molecule has 2 aliphatic rings. The van der Waals surface area contributed by atoms with Gasteiger partial charge < -0.3 is 10.2 Å². The summed E-state index contributed by atoms with van der Waals surface area (Å²) in [6, 6.07) is 0.770. The van der Waals surface area contributed by atoms with Crippen LogP contribution in [-0.2, 0) is 0 Å². The van der Waals surface area contributed by atoms with E-state index >= 15 is 0 Å². The van der Waals surface area contributed by atoms with Gasteiger partial charge in [0.1, 0.15) is 0 Å². The molecule has 1 aliphatic heterocycles. The molecule has 5 unspecified atom stereocenters. The first-order chi connectivity index (χ1) is 10.0. The Balaban J connectivity index is 1.92. The predicted molar refractivity (Wildman–Crippen MR) is 92.5 cm³/mol. The maximum absolute atomic E-state index is 3.85. The second kappa shape index (κ2) is 7.97. The number of hydrogen-bond acceptors (Lipinski definition) is 2. The van der Waals surface area contributed by atoms with E-state index in [4.69, 9.17) is 0 Å². The summed E-state index contributed by atoms with van der Waals surface area (Å²) >= 11 is 0. The van der Waals surface area contributed by atoms with Crippen LogP contribution in [0.5, 0.6) is 0 Å². The molecule has 0 bridgehead atoms. The summed E-state index contributed by atoms with van der Waals surface area (Å²) in [4.78, 5) is 2.75. The van der Waals surface area contributed by atoms with E-state index < -0.39 is 0 Å². The molecule has 2 heteroatoms. The van der Waals surface area contributed by atoms with Crippen molar-refractivity contribution in [1.82, 2.24) is 10.2 Å². The van der Waals surface area contributed by atoms with Crippen molar-refractivity contribution in [2.24, 2.45) is 29.6 Å². The Kier molecular flexibility index (Phi) is 6.55. The van der Waals surface area contributed by atoms with Gasteiger partial charge in [0, 0.05) is 25.7 Å². The lowest BCUT2D eigenvalue weighted by atomic mass is 9.73. The van der Waals surface area contributed by atoms with Crippen molar-refractivity contribution in [2.75, 3.05) is 26.2 Å². The van der Waals surface area contributed by atoms with Crippen LogP contribution in [0.15, 0.2) is 0 Å². The Morgan fingerprint density at radius 2 is 1.76 bits per heavy atom. The SMILES string of the molecule is CCCNC1CCC(C(C)C)CC1CN1CC(C)C(C)C1. The molecule has 1 saturated heterocycles. The van der Waals surface area contributed by atoms with Gasteiger partial charge in [-0.05, 0) is 61.8 Å². The lowest BCUT2D eigenvalue weighted by molar-refractivity contribution is 0.130. The first-order valence-electron chi connectivity index (χ1n) is 9.47. The maximum atomic E-state index is 3.85. The molecular formula is C19H38N2. The zero-order valence-electron chi connectivity index (χ0n) is 15.1. The summed E-state index contributed by atoms with van der Waals surface area (Å²) in [7, 11) is 0. The van der Waals surface area contributed by atoms with E-state index in [1.807, 2.05) is 0 Å². The predicted octanol–water partition coefficient (Wildman–Crippen LogP) is 4.01. The van der Waals surface area contributed by atoms with Crippen LogP contribution in [0.2, 0.25) is 0 Å². The van der Waals surface area contributed by atoms with Gasteiger partial charge in [-0.25, -0.2) is 0 Å². The minimum absolute atomic E-state index is 0.770. The second-order valence-corrected chi connectivity index (χ2v) is 8.31. The second-order valence-electron chi connectivity index (χ2n) is 8.31. The van der Waals surface area contributed by atoms with Crippen LogP contribution < -0.4 is 5.32 Å². The Bertz CT molecular complexity index is 292. The van der Waals surface area contributed by atoms with Crippen LogP contribution in [0.1, 0.15) is 60.3 Å². The van der Waals surface area contributed by atoms with Gasteiger partial charge in [-0.1, -0.05) is 34.6 Å². The molecule has 0 amide bonds. The van der Waals surface area contributed by atoms with Gasteiger partial charge in [0.05, 0.1) is 0 Å². The highest BCUT2D eigenvalue weighted by molar-refractivity contribution is 4.89. The molecule has 1 saturated carbocycles. The normalized spacial score (nSPS) is 38.3. The van der Waals surface area contributed by atoms with Gasteiger partial charge in [-0.15, -0.1) is 0 Å². The highest BCUT2D eigenvalue weighted by atomic mass is 15.2. The lowest BCUT2D eigenvalue weighted by Gasteiger charge is -2.40. The Morgan fingerprint density at radius 1 is 1.10 bits per heavy atom. The van der Waals surface area contributed by atoms with Crippen molar-refractivity contribution in [2.45, 2.75) is 66.3 Å². The number of rotatable bonds is 6. The molecule has 124 valence electrons. The number of hydrogen-bond donors (Lipinski definition) is 1. The molecule has 0 aromatic heterocycles. The van der Waals surface area contributed by atoms with E-state index in [2.05, 4.69) is 44.8 Å². The Morgan fingerprint density at radius 3 is 2.33 bits per heavy atom. The fraction of sp³-hybridized carbons (Fsp3) is 1.00. The van der Waals surface area contributed by atoms with Gasteiger partial charge in [-0.2, -0.15) is 0 Å². The molecule has 2 rings (SSSR count). The summed E-state index contributed by atoms with van der Waals surface area (Å²) in [6.45, 7) is 17.1. The minimum atomic E-state index is 0.770. The molecule has 1 N–H and O–H groups in total. The molecule has 0 aromatic rings. The van der Waals surface area contributed by atoms with Crippen molar-refractivity contribution in [1.29, 1.82) is 0 Å². The Labute approximate surface area is 133 Å². The van der Waals surface area contributed by atoms with Gasteiger partial charge in [0.15, 0.2) is 0 Å². The van der Waals surface area contributed by atoms with Crippen molar-refractivity contribution >= 4 is 0 Å². The number of likely N-dealkylation sites (tertiary alicyclic amines) is 1. The highest BCUT2D eigenvalue weighted by Crippen LogP contribution is 2.35. The quantitative estimate of drug-likeness (QED) is 0.796.